The number of nitrogens with one attached hydrogen (secondary N) is 1. The fourth-order valence-electron chi connectivity index (χ4n) is 3.85. The first-order valence-electron chi connectivity index (χ1n) is 9.81. The van der Waals surface area contributed by atoms with Gasteiger partial charge in [0.1, 0.15) is 5.82 Å². The van der Waals surface area contributed by atoms with Gasteiger partial charge in [0.05, 0.1) is 17.9 Å². The molecule has 1 fully saturated rings. The van der Waals surface area contributed by atoms with Crippen LogP contribution < -0.4 is 5.32 Å². The Bertz CT molecular complexity index is 937. The Balaban J connectivity index is 1.47. The molecule has 0 bridgehead atoms. The van der Waals surface area contributed by atoms with Crippen molar-refractivity contribution in [3.63, 3.8) is 0 Å². The fourth-order valence-corrected chi connectivity index (χ4v) is 3.85. The molecule has 28 heavy (non-hydrogen) atoms. The number of amides is 1. The van der Waals surface area contributed by atoms with Gasteiger partial charge in [0, 0.05) is 30.9 Å². The number of carbonyl (C=O) groups excluding carboxylic acids is 1. The van der Waals surface area contributed by atoms with E-state index in [0.29, 0.717) is 24.0 Å². The lowest BCUT2D eigenvalue weighted by Crippen LogP contribution is -2.23. The summed E-state index contributed by atoms with van der Waals surface area (Å²) in [5, 5.41) is 7.15. The van der Waals surface area contributed by atoms with Crippen LogP contribution in [0.15, 0.2) is 60.9 Å². The van der Waals surface area contributed by atoms with Gasteiger partial charge in [0.2, 0.25) is 0 Å². The van der Waals surface area contributed by atoms with Crippen LogP contribution in [0.4, 0.5) is 5.82 Å². The van der Waals surface area contributed by atoms with Crippen LogP contribution in [0, 0.1) is 0 Å². The van der Waals surface area contributed by atoms with Gasteiger partial charge in [-0.3, -0.25) is 14.7 Å². The zero-order chi connectivity index (χ0) is 19.3. The molecule has 1 aliphatic heterocycles. The number of rotatable bonds is 6. The van der Waals surface area contributed by atoms with Crippen LogP contribution in [0.25, 0.3) is 0 Å². The number of anilines is 1. The molecule has 1 aromatic carbocycles. The van der Waals surface area contributed by atoms with E-state index < -0.39 is 0 Å². The Morgan fingerprint density at radius 2 is 2.11 bits per heavy atom. The number of aryl methyl sites for hydroxylation is 1. The maximum absolute atomic E-state index is 12.7. The van der Waals surface area contributed by atoms with Gasteiger partial charge in [0.25, 0.3) is 5.91 Å². The molecule has 4 rings (SSSR count). The molecular formula is C22H25N5O. The normalized spacial score (nSPS) is 17.0. The summed E-state index contributed by atoms with van der Waals surface area (Å²) < 4.78 is 1.77. The molecule has 0 radical (unpaired) electrons. The molecule has 0 spiro atoms. The molecule has 0 saturated carbocycles. The monoisotopic (exact) mass is 375 g/mol. The highest BCUT2D eigenvalue weighted by molar-refractivity contribution is 6.03. The van der Waals surface area contributed by atoms with Crippen molar-refractivity contribution in [2.24, 2.45) is 0 Å². The molecular weight excluding hydrogens is 350 g/mol. The molecule has 1 atom stereocenters. The molecule has 3 heterocycles. The molecule has 1 saturated heterocycles. The van der Waals surface area contributed by atoms with E-state index in [1.165, 1.54) is 6.42 Å². The molecule has 1 N–H and O–H groups in total. The van der Waals surface area contributed by atoms with E-state index in [0.717, 1.165) is 30.8 Å². The van der Waals surface area contributed by atoms with E-state index in [9.17, 15) is 4.79 Å². The molecule has 6 heteroatoms. The molecule has 144 valence electrons. The first-order chi connectivity index (χ1) is 13.7. The smallest absolute Gasteiger partial charge is 0.256 e. The highest BCUT2D eigenvalue weighted by Crippen LogP contribution is 2.32. The zero-order valence-electron chi connectivity index (χ0n) is 16.1. The molecule has 1 aliphatic rings. The summed E-state index contributed by atoms with van der Waals surface area (Å²) in [5.74, 6) is 0.604. The first kappa shape index (κ1) is 18.4. The topological polar surface area (TPSA) is 63.1 Å². The average Bonchev–Trinajstić information content (AvgIpc) is 3.38. The standard InChI is InChI=1S/C22H25N5O/c1-2-27-21(11-13-24-27)25-22(28)18-8-5-7-17(15-18)16-26-14-6-10-20(26)19-9-3-4-12-23-19/h3-5,7-9,11-13,15,20H,2,6,10,14,16H2,1H3,(H,25,28). The van der Waals surface area contributed by atoms with Crippen LogP contribution in [0.5, 0.6) is 0 Å². The third kappa shape index (κ3) is 3.97. The minimum absolute atomic E-state index is 0.111. The molecule has 0 aliphatic carbocycles. The van der Waals surface area contributed by atoms with Crippen molar-refractivity contribution >= 4 is 11.7 Å². The van der Waals surface area contributed by atoms with Crippen LogP contribution in [-0.4, -0.2) is 32.1 Å². The van der Waals surface area contributed by atoms with Gasteiger partial charge in [-0.15, -0.1) is 0 Å². The predicted octanol–water partition coefficient (Wildman–Crippen LogP) is 3.89. The van der Waals surface area contributed by atoms with Crippen molar-refractivity contribution < 1.29 is 4.79 Å². The van der Waals surface area contributed by atoms with Crippen molar-refractivity contribution in [2.75, 3.05) is 11.9 Å². The Kier molecular flexibility index (Phi) is 5.48. The van der Waals surface area contributed by atoms with Gasteiger partial charge < -0.3 is 5.32 Å². The lowest BCUT2D eigenvalue weighted by atomic mass is 10.1. The maximum atomic E-state index is 12.7. The van der Waals surface area contributed by atoms with Gasteiger partial charge in [-0.25, -0.2) is 4.68 Å². The largest absolute Gasteiger partial charge is 0.307 e. The van der Waals surface area contributed by atoms with Crippen LogP contribution in [0.2, 0.25) is 0 Å². The highest BCUT2D eigenvalue weighted by Gasteiger charge is 2.26. The molecule has 1 unspecified atom stereocenters. The first-order valence-corrected chi connectivity index (χ1v) is 9.81. The van der Waals surface area contributed by atoms with Crippen LogP contribution in [0.3, 0.4) is 0 Å². The molecule has 6 nitrogen and oxygen atoms in total. The number of aromatic nitrogens is 3. The number of nitrogens with zero attached hydrogens (tertiary/aromatic N) is 4. The Hall–Kier alpha value is -2.99. The van der Waals surface area contributed by atoms with E-state index >= 15 is 0 Å². The van der Waals surface area contributed by atoms with Gasteiger partial charge in [0.15, 0.2) is 0 Å². The van der Waals surface area contributed by atoms with Crippen molar-refractivity contribution in [2.45, 2.75) is 38.9 Å². The number of pyridine rings is 1. The lowest BCUT2D eigenvalue weighted by molar-refractivity contribution is 0.102. The number of hydrogen-bond donors (Lipinski definition) is 1. The number of likely N-dealkylation sites (tertiary alicyclic amines) is 1. The highest BCUT2D eigenvalue weighted by atomic mass is 16.1. The number of benzene rings is 1. The zero-order valence-corrected chi connectivity index (χ0v) is 16.1. The third-order valence-corrected chi connectivity index (χ3v) is 5.23. The molecule has 3 aromatic rings. The second-order valence-corrected chi connectivity index (χ2v) is 7.07. The predicted molar refractivity (Wildman–Crippen MR) is 109 cm³/mol. The summed E-state index contributed by atoms with van der Waals surface area (Å²) in [4.78, 5) is 19.7. The fraction of sp³-hybridized carbons (Fsp3) is 0.318. The van der Waals surface area contributed by atoms with Crippen molar-refractivity contribution in [1.82, 2.24) is 19.7 Å². The van der Waals surface area contributed by atoms with Crippen molar-refractivity contribution in [3.05, 3.63) is 77.7 Å². The molecule has 2 aromatic heterocycles. The quantitative estimate of drug-likeness (QED) is 0.710. The molecule has 1 amide bonds. The van der Waals surface area contributed by atoms with E-state index in [2.05, 4.69) is 32.4 Å². The van der Waals surface area contributed by atoms with Crippen LogP contribution in [0.1, 0.15) is 47.4 Å². The van der Waals surface area contributed by atoms with Crippen molar-refractivity contribution in [3.8, 4) is 0 Å². The van der Waals surface area contributed by atoms with E-state index in [1.807, 2.05) is 49.5 Å². The van der Waals surface area contributed by atoms with Crippen LogP contribution in [-0.2, 0) is 13.1 Å². The maximum Gasteiger partial charge on any atom is 0.256 e. The Morgan fingerprint density at radius 3 is 2.93 bits per heavy atom. The number of carbonyl (C=O) groups is 1. The van der Waals surface area contributed by atoms with Gasteiger partial charge in [-0.05, 0) is 56.1 Å². The summed E-state index contributed by atoms with van der Waals surface area (Å²) in [7, 11) is 0. The summed E-state index contributed by atoms with van der Waals surface area (Å²) in [6.07, 6.45) is 5.85. The second-order valence-electron chi connectivity index (χ2n) is 7.07. The lowest BCUT2D eigenvalue weighted by Gasteiger charge is -2.24. The third-order valence-electron chi connectivity index (χ3n) is 5.23. The minimum Gasteiger partial charge on any atom is -0.307 e. The van der Waals surface area contributed by atoms with Gasteiger partial charge in [-0.2, -0.15) is 5.10 Å². The van der Waals surface area contributed by atoms with Crippen LogP contribution >= 0.6 is 0 Å². The second kappa shape index (κ2) is 8.35. The van der Waals surface area contributed by atoms with E-state index in [-0.39, 0.29) is 5.91 Å². The summed E-state index contributed by atoms with van der Waals surface area (Å²) in [5.41, 5.74) is 2.93. The Labute approximate surface area is 165 Å². The minimum atomic E-state index is -0.111. The van der Waals surface area contributed by atoms with E-state index in [4.69, 9.17) is 0 Å². The summed E-state index contributed by atoms with van der Waals surface area (Å²) >= 11 is 0. The average molecular weight is 375 g/mol. The van der Waals surface area contributed by atoms with Crippen molar-refractivity contribution in [1.29, 1.82) is 0 Å². The summed E-state index contributed by atoms with van der Waals surface area (Å²) in [6.45, 7) is 4.58. The van der Waals surface area contributed by atoms with E-state index in [1.54, 1.807) is 10.9 Å². The van der Waals surface area contributed by atoms with Gasteiger partial charge >= 0.3 is 0 Å². The Morgan fingerprint density at radius 1 is 1.18 bits per heavy atom. The number of hydrogen-bond acceptors (Lipinski definition) is 4. The SMILES string of the molecule is CCn1nccc1NC(=O)c1cccc(CN2CCCC2c2ccccn2)c1. The van der Waals surface area contributed by atoms with Gasteiger partial charge in [-0.1, -0.05) is 18.2 Å². The summed E-state index contributed by atoms with van der Waals surface area (Å²) in [6, 6.07) is 16.1.